The molecule has 5 nitrogen and oxygen atoms in total. The van der Waals surface area contributed by atoms with E-state index in [0.29, 0.717) is 0 Å². The highest BCUT2D eigenvalue weighted by atomic mass is 19.4. The van der Waals surface area contributed by atoms with E-state index in [0.717, 1.165) is 24.3 Å². The maximum absolute atomic E-state index is 12.5. The molecule has 112 valence electrons. The molecule has 1 aromatic heterocycles. The van der Waals surface area contributed by atoms with Gasteiger partial charge in [-0.05, 0) is 31.2 Å². The van der Waals surface area contributed by atoms with Gasteiger partial charge in [-0.2, -0.15) is 18.3 Å². The fourth-order valence-corrected chi connectivity index (χ4v) is 1.82. The van der Waals surface area contributed by atoms with Crippen LogP contribution < -0.4 is 4.74 Å². The van der Waals surface area contributed by atoms with Crippen molar-refractivity contribution in [3.05, 3.63) is 41.1 Å². The van der Waals surface area contributed by atoms with E-state index in [1.807, 2.05) is 0 Å². The molecule has 8 heteroatoms. The SMILES string of the molecule is Cc1nn(C)c(Oc2ccc(C(F)(F)F)cc2)c1C(=O)O. The van der Waals surface area contributed by atoms with Crippen molar-refractivity contribution in [3.63, 3.8) is 0 Å². The summed E-state index contributed by atoms with van der Waals surface area (Å²) in [5, 5.41) is 13.0. The van der Waals surface area contributed by atoms with Crippen LogP contribution in [0, 0.1) is 6.92 Å². The zero-order valence-corrected chi connectivity index (χ0v) is 11.1. The number of carbonyl (C=O) groups is 1. The van der Waals surface area contributed by atoms with Crippen LogP contribution in [-0.4, -0.2) is 20.9 Å². The first-order chi connectivity index (χ1) is 9.70. The van der Waals surface area contributed by atoms with E-state index in [2.05, 4.69) is 5.10 Å². The fourth-order valence-electron chi connectivity index (χ4n) is 1.82. The lowest BCUT2D eigenvalue weighted by molar-refractivity contribution is -0.137. The Hall–Kier alpha value is -2.51. The number of aromatic carboxylic acids is 1. The number of carboxylic acids is 1. The van der Waals surface area contributed by atoms with Crippen LogP contribution in [0.4, 0.5) is 13.2 Å². The molecule has 21 heavy (non-hydrogen) atoms. The van der Waals surface area contributed by atoms with Gasteiger partial charge < -0.3 is 9.84 Å². The van der Waals surface area contributed by atoms with Gasteiger partial charge >= 0.3 is 12.1 Å². The highest BCUT2D eigenvalue weighted by Gasteiger charge is 2.30. The number of aromatic nitrogens is 2. The zero-order chi connectivity index (χ0) is 15.8. The molecule has 2 rings (SSSR count). The average Bonchev–Trinajstić information content (AvgIpc) is 2.63. The maximum atomic E-state index is 12.5. The van der Waals surface area contributed by atoms with Crippen LogP contribution in [-0.2, 0) is 13.2 Å². The van der Waals surface area contributed by atoms with Crippen LogP contribution >= 0.6 is 0 Å². The molecular weight excluding hydrogens is 289 g/mol. The normalized spacial score (nSPS) is 11.5. The fraction of sp³-hybridized carbons (Fsp3) is 0.231. The summed E-state index contributed by atoms with van der Waals surface area (Å²) in [4.78, 5) is 11.1. The summed E-state index contributed by atoms with van der Waals surface area (Å²) in [5.41, 5.74) is -0.682. The molecule has 0 aliphatic carbocycles. The minimum absolute atomic E-state index is 0.0419. The van der Waals surface area contributed by atoms with Crippen molar-refractivity contribution in [2.45, 2.75) is 13.1 Å². The van der Waals surface area contributed by atoms with E-state index < -0.39 is 17.7 Å². The summed E-state index contributed by atoms with van der Waals surface area (Å²) in [5.74, 6) is -1.17. The lowest BCUT2D eigenvalue weighted by atomic mass is 10.2. The molecule has 1 heterocycles. The Balaban J connectivity index is 2.33. The third-order valence-corrected chi connectivity index (χ3v) is 2.78. The zero-order valence-electron chi connectivity index (χ0n) is 11.1. The highest BCUT2D eigenvalue weighted by Crippen LogP contribution is 2.32. The summed E-state index contributed by atoms with van der Waals surface area (Å²) >= 11 is 0. The third-order valence-electron chi connectivity index (χ3n) is 2.78. The van der Waals surface area contributed by atoms with Crippen molar-refractivity contribution < 1.29 is 27.8 Å². The molecule has 2 aromatic rings. The number of aryl methyl sites for hydroxylation is 2. The van der Waals surface area contributed by atoms with Crippen molar-refractivity contribution in [2.24, 2.45) is 7.05 Å². The van der Waals surface area contributed by atoms with E-state index in [4.69, 9.17) is 9.84 Å². The number of benzene rings is 1. The number of halogens is 3. The Morgan fingerprint density at radius 3 is 2.33 bits per heavy atom. The Morgan fingerprint density at radius 1 is 1.29 bits per heavy atom. The standard InChI is InChI=1S/C13H11F3N2O3/c1-7-10(12(19)20)11(18(2)17-7)21-9-5-3-8(4-6-9)13(14,15)16/h3-6H,1-2H3,(H,19,20). The molecule has 0 aliphatic heterocycles. The second-order valence-corrected chi connectivity index (χ2v) is 4.32. The predicted octanol–water partition coefficient (Wildman–Crippen LogP) is 3.24. The Kier molecular flexibility index (Phi) is 3.63. The lowest BCUT2D eigenvalue weighted by Crippen LogP contribution is -2.05. The number of hydrogen-bond donors (Lipinski definition) is 1. The molecule has 1 N–H and O–H groups in total. The van der Waals surface area contributed by atoms with E-state index in [1.54, 1.807) is 0 Å². The van der Waals surface area contributed by atoms with Crippen molar-refractivity contribution >= 4 is 5.97 Å². The van der Waals surface area contributed by atoms with Crippen LogP contribution in [0.25, 0.3) is 0 Å². The molecule has 0 spiro atoms. The van der Waals surface area contributed by atoms with Crippen molar-refractivity contribution in [3.8, 4) is 11.6 Å². The van der Waals surface area contributed by atoms with E-state index >= 15 is 0 Å². The summed E-state index contributed by atoms with van der Waals surface area (Å²) < 4.78 is 43.9. The third kappa shape index (κ3) is 2.99. The molecule has 1 aromatic carbocycles. The van der Waals surface area contributed by atoms with Gasteiger partial charge in [0.05, 0.1) is 11.3 Å². The summed E-state index contributed by atoms with van der Waals surface area (Å²) in [6.07, 6.45) is -4.44. The van der Waals surface area contributed by atoms with Gasteiger partial charge in [-0.3, -0.25) is 0 Å². The molecule has 0 unspecified atom stereocenters. The van der Waals surface area contributed by atoms with Crippen molar-refractivity contribution in [1.82, 2.24) is 9.78 Å². The molecule has 0 saturated carbocycles. The second kappa shape index (κ2) is 5.12. The van der Waals surface area contributed by atoms with Gasteiger partial charge in [0.15, 0.2) is 0 Å². The average molecular weight is 300 g/mol. The lowest BCUT2D eigenvalue weighted by Gasteiger charge is -2.09. The van der Waals surface area contributed by atoms with Crippen LogP contribution in [0.5, 0.6) is 11.6 Å². The summed E-state index contributed by atoms with van der Waals surface area (Å²) in [6, 6.07) is 3.96. The van der Waals surface area contributed by atoms with Crippen LogP contribution in [0.3, 0.4) is 0 Å². The molecule has 0 amide bonds. The highest BCUT2D eigenvalue weighted by molar-refractivity contribution is 5.91. The van der Waals surface area contributed by atoms with E-state index in [-0.39, 0.29) is 22.9 Å². The number of alkyl halides is 3. The van der Waals surface area contributed by atoms with E-state index in [1.165, 1.54) is 18.7 Å². The van der Waals surface area contributed by atoms with Crippen molar-refractivity contribution in [1.29, 1.82) is 0 Å². The van der Waals surface area contributed by atoms with Gasteiger partial charge in [0.1, 0.15) is 11.3 Å². The quantitative estimate of drug-likeness (QED) is 0.945. The molecule has 0 saturated heterocycles. The first-order valence-electron chi connectivity index (χ1n) is 5.82. The Bertz CT molecular complexity index is 675. The molecule has 0 radical (unpaired) electrons. The minimum atomic E-state index is -4.44. The Morgan fingerprint density at radius 2 is 1.86 bits per heavy atom. The molecule has 0 bridgehead atoms. The van der Waals surface area contributed by atoms with Crippen LogP contribution in [0.1, 0.15) is 21.6 Å². The smallest absolute Gasteiger partial charge is 0.416 e. The second-order valence-electron chi connectivity index (χ2n) is 4.32. The molecule has 0 atom stereocenters. The number of hydrogen-bond acceptors (Lipinski definition) is 3. The largest absolute Gasteiger partial charge is 0.477 e. The van der Waals surface area contributed by atoms with Gasteiger partial charge in [-0.25, -0.2) is 9.48 Å². The molecule has 0 fully saturated rings. The topological polar surface area (TPSA) is 64.4 Å². The first kappa shape index (κ1) is 14.9. The molecular formula is C13H11F3N2O3. The summed E-state index contributed by atoms with van der Waals surface area (Å²) in [6.45, 7) is 1.50. The van der Waals surface area contributed by atoms with Gasteiger partial charge in [0, 0.05) is 7.05 Å². The van der Waals surface area contributed by atoms with E-state index in [9.17, 15) is 18.0 Å². The van der Waals surface area contributed by atoms with Gasteiger partial charge in [-0.1, -0.05) is 0 Å². The van der Waals surface area contributed by atoms with Crippen LogP contribution in [0.2, 0.25) is 0 Å². The minimum Gasteiger partial charge on any atom is -0.477 e. The summed E-state index contributed by atoms with van der Waals surface area (Å²) in [7, 11) is 1.48. The van der Waals surface area contributed by atoms with Gasteiger partial charge in [0.25, 0.3) is 0 Å². The number of rotatable bonds is 3. The van der Waals surface area contributed by atoms with Crippen molar-refractivity contribution in [2.75, 3.05) is 0 Å². The number of carboxylic acid groups (broad SMARTS) is 1. The van der Waals surface area contributed by atoms with Crippen LogP contribution in [0.15, 0.2) is 24.3 Å². The molecule has 0 aliphatic rings. The maximum Gasteiger partial charge on any atom is 0.416 e. The Labute approximate surface area is 117 Å². The van der Waals surface area contributed by atoms with Gasteiger partial charge in [-0.15, -0.1) is 0 Å². The number of nitrogens with zero attached hydrogens (tertiary/aromatic N) is 2. The van der Waals surface area contributed by atoms with Gasteiger partial charge in [0.2, 0.25) is 5.88 Å². The monoisotopic (exact) mass is 300 g/mol. The first-order valence-corrected chi connectivity index (χ1v) is 5.82. The number of ether oxygens (including phenoxy) is 1. The predicted molar refractivity (Wildman–Crippen MR) is 66.4 cm³/mol.